The summed E-state index contributed by atoms with van der Waals surface area (Å²) in [6.45, 7) is 12.3. The van der Waals surface area contributed by atoms with Gasteiger partial charge in [0.05, 0.1) is 5.92 Å². The van der Waals surface area contributed by atoms with Crippen LogP contribution < -0.4 is 0 Å². The van der Waals surface area contributed by atoms with Crippen LogP contribution in [0.3, 0.4) is 0 Å². The summed E-state index contributed by atoms with van der Waals surface area (Å²) in [6.07, 6.45) is 8.06. The minimum Gasteiger partial charge on any atom is -0.458 e. The van der Waals surface area contributed by atoms with Gasteiger partial charge in [0.25, 0.3) is 0 Å². The van der Waals surface area contributed by atoms with Gasteiger partial charge < -0.3 is 14.2 Å². The molecule has 4 unspecified atom stereocenters. The second-order valence-corrected chi connectivity index (χ2v) is 8.59. The Bertz CT molecular complexity index is 859. The van der Waals surface area contributed by atoms with Crippen molar-refractivity contribution in [1.29, 1.82) is 0 Å². The molecular weight excluding hydrogens is 396 g/mol. The molecule has 0 saturated carbocycles. The van der Waals surface area contributed by atoms with Crippen molar-refractivity contribution < 1.29 is 28.6 Å². The second-order valence-electron chi connectivity index (χ2n) is 8.59. The maximum atomic E-state index is 13.0. The van der Waals surface area contributed by atoms with E-state index in [9.17, 15) is 14.4 Å². The lowest BCUT2D eigenvalue weighted by molar-refractivity contribution is -0.174. The Labute approximate surface area is 185 Å². The van der Waals surface area contributed by atoms with E-state index in [1.807, 2.05) is 19.9 Å². The highest BCUT2D eigenvalue weighted by Crippen LogP contribution is 2.43. The number of rotatable bonds is 4. The van der Waals surface area contributed by atoms with Crippen LogP contribution in [0.15, 0.2) is 46.6 Å². The zero-order valence-corrected chi connectivity index (χ0v) is 19.6. The van der Waals surface area contributed by atoms with Crippen LogP contribution in [-0.2, 0) is 28.6 Å². The van der Waals surface area contributed by atoms with E-state index in [1.165, 1.54) is 0 Å². The molecule has 0 aromatic carbocycles. The highest BCUT2D eigenvalue weighted by molar-refractivity contribution is 5.92. The van der Waals surface area contributed by atoms with Crippen molar-refractivity contribution >= 4 is 17.9 Å². The van der Waals surface area contributed by atoms with Crippen molar-refractivity contribution in [1.82, 2.24) is 0 Å². The topological polar surface area (TPSA) is 78.9 Å². The predicted molar refractivity (Wildman–Crippen MR) is 118 cm³/mol. The molecule has 4 atom stereocenters. The van der Waals surface area contributed by atoms with Gasteiger partial charge in [-0.05, 0) is 67.4 Å². The highest BCUT2D eigenvalue weighted by atomic mass is 16.6. The summed E-state index contributed by atoms with van der Waals surface area (Å²) in [5.41, 5.74) is 1.37. The van der Waals surface area contributed by atoms with E-state index in [0.717, 1.165) is 24.0 Å². The second kappa shape index (κ2) is 10.1. The lowest BCUT2D eigenvalue weighted by Crippen LogP contribution is -2.49. The van der Waals surface area contributed by atoms with Crippen LogP contribution in [0.25, 0.3) is 0 Å². The van der Waals surface area contributed by atoms with Crippen molar-refractivity contribution in [3.05, 3.63) is 46.6 Å². The minimum absolute atomic E-state index is 0.387. The fraction of sp³-hybridized carbons (Fsp3) is 0.560. The Kier molecular flexibility index (Phi) is 8.04. The third kappa shape index (κ3) is 5.54. The molecule has 1 aliphatic carbocycles. The van der Waals surface area contributed by atoms with Crippen LogP contribution >= 0.6 is 0 Å². The first-order valence-electron chi connectivity index (χ1n) is 10.8. The van der Waals surface area contributed by atoms with Gasteiger partial charge in [-0.3, -0.25) is 0 Å². The number of esters is 3. The summed E-state index contributed by atoms with van der Waals surface area (Å²) in [6, 6.07) is 0. The van der Waals surface area contributed by atoms with Crippen molar-refractivity contribution in [2.75, 3.05) is 0 Å². The quantitative estimate of drug-likeness (QED) is 0.277. The average molecular weight is 431 g/mol. The van der Waals surface area contributed by atoms with Gasteiger partial charge in [0.15, 0.2) is 0 Å². The van der Waals surface area contributed by atoms with Crippen molar-refractivity contribution in [2.24, 2.45) is 5.92 Å². The molecule has 0 radical (unpaired) electrons. The molecule has 6 nitrogen and oxygen atoms in total. The number of carbonyl (C=O) groups excluding carboxylic acids is 3. The van der Waals surface area contributed by atoms with Crippen LogP contribution in [0.1, 0.15) is 67.7 Å². The van der Waals surface area contributed by atoms with E-state index in [-0.39, 0.29) is 0 Å². The number of allylic oxidation sites excluding steroid dienone is 4. The molecular formula is C25H34O6. The Morgan fingerprint density at radius 3 is 2.32 bits per heavy atom. The largest absolute Gasteiger partial charge is 0.458 e. The maximum absolute atomic E-state index is 13.0. The third-order valence-corrected chi connectivity index (χ3v) is 6.12. The molecule has 1 heterocycles. The van der Waals surface area contributed by atoms with Gasteiger partial charge in [0.2, 0.25) is 5.60 Å². The predicted octanol–water partition coefficient (Wildman–Crippen LogP) is 4.75. The first-order valence-corrected chi connectivity index (χ1v) is 10.8. The molecule has 31 heavy (non-hydrogen) atoms. The average Bonchev–Trinajstić information content (AvgIpc) is 2.94. The first-order chi connectivity index (χ1) is 14.5. The zero-order chi connectivity index (χ0) is 23.3. The molecule has 2 aliphatic rings. The third-order valence-electron chi connectivity index (χ3n) is 6.12. The fourth-order valence-electron chi connectivity index (χ4n) is 3.87. The van der Waals surface area contributed by atoms with Crippen LogP contribution in [0.4, 0.5) is 0 Å². The van der Waals surface area contributed by atoms with E-state index < -0.39 is 41.6 Å². The lowest BCUT2D eigenvalue weighted by atomic mass is 9.79. The van der Waals surface area contributed by atoms with Gasteiger partial charge in [0, 0.05) is 17.6 Å². The van der Waals surface area contributed by atoms with Crippen LogP contribution in [0, 0.1) is 5.92 Å². The van der Waals surface area contributed by atoms with Gasteiger partial charge in [0.1, 0.15) is 12.2 Å². The molecule has 0 aromatic heterocycles. The van der Waals surface area contributed by atoms with Crippen LogP contribution in [-0.4, -0.2) is 35.7 Å². The molecule has 1 aliphatic heterocycles. The maximum Gasteiger partial charge on any atom is 0.351 e. The molecule has 6 heteroatoms. The summed E-state index contributed by atoms with van der Waals surface area (Å²) in [7, 11) is 0. The Balaban J connectivity index is 2.57. The van der Waals surface area contributed by atoms with E-state index in [0.29, 0.717) is 17.6 Å². The zero-order valence-electron chi connectivity index (χ0n) is 19.6. The minimum atomic E-state index is -1.59. The number of fused-ring (bicyclic) bond motifs is 1. The number of hydrogen-bond donors (Lipinski definition) is 0. The SMILES string of the molecule is CC=C(C)C(=O)OC1C=C(C)CCC=C(C)CC2OC(=O)C(C)(OC(=O)C(C)=CC)C12. The van der Waals surface area contributed by atoms with Crippen LogP contribution in [0.5, 0.6) is 0 Å². The summed E-state index contributed by atoms with van der Waals surface area (Å²) in [5, 5.41) is 0. The van der Waals surface area contributed by atoms with Crippen molar-refractivity contribution in [3.8, 4) is 0 Å². The Morgan fingerprint density at radius 1 is 1.10 bits per heavy atom. The smallest absolute Gasteiger partial charge is 0.351 e. The standard InChI is InChI=1S/C25H34O6/c1-8-17(5)22(26)29-19-13-15(3)11-10-12-16(4)14-20-21(19)25(7,24(28)30-20)31-23(27)18(6)9-2/h8-9,12-13,19-21H,10-11,14H2,1-7H3. The molecule has 0 amide bonds. The van der Waals surface area contributed by atoms with Crippen molar-refractivity contribution in [3.63, 3.8) is 0 Å². The molecule has 0 aromatic rings. The lowest BCUT2D eigenvalue weighted by Gasteiger charge is -2.34. The van der Waals surface area contributed by atoms with E-state index in [2.05, 4.69) is 6.08 Å². The monoisotopic (exact) mass is 430 g/mol. The van der Waals surface area contributed by atoms with Gasteiger partial charge in [-0.1, -0.05) is 29.4 Å². The Hall–Kier alpha value is -2.63. The highest BCUT2D eigenvalue weighted by Gasteiger charge is 2.60. The number of carbonyl (C=O) groups is 3. The van der Waals surface area contributed by atoms with Gasteiger partial charge in [-0.15, -0.1) is 0 Å². The van der Waals surface area contributed by atoms with Gasteiger partial charge >= 0.3 is 17.9 Å². The van der Waals surface area contributed by atoms with Crippen LogP contribution in [0.2, 0.25) is 0 Å². The van der Waals surface area contributed by atoms with E-state index in [1.54, 1.807) is 46.8 Å². The summed E-state index contributed by atoms with van der Waals surface area (Å²) < 4.78 is 17.3. The summed E-state index contributed by atoms with van der Waals surface area (Å²) >= 11 is 0. The molecule has 1 saturated heterocycles. The number of hydrogen-bond acceptors (Lipinski definition) is 6. The molecule has 2 rings (SSSR count). The molecule has 0 spiro atoms. The van der Waals surface area contributed by atoms with Crippen molar-refractivity contribution in [2.45, 2.75) is 85.5 Å². The molecule has 1 fully saturated rings. The van der Waals surface area contributed by atoms with E-state index >= 15 is 0 Å². The molecule has 0 bridgehead atoms. The van der Waals surface area contributed by atoms with Gasteiger partial charge in [-0.2, -0.15) is 0 Å². The summed E-state index contributed by atoms with van der Waals surface area (Å²) in [5.74, 6) is -2.38. The normalized spacial score (nSPS) is 29.9. The first kappa shape index (κ1) is 24.6. The Morgan fingerprint density at radius 2 is 1.71 bits per heavy atom. The van der Waals surface area contributed by atoms with Gasteiger partial charge in [-0.25, -0.2) is 14.4 Å². The fourth-order valence-corrected chi connectivity index (χ4v) is 3.87. The number of ether oxygens (including phenoxy) is 3. The molecule has 0 N–H and O–H groups in total. The molecule has 170 valence electrons. The summed E-state index contributed by atoms with van der Waals surface area (Å²) in [4.78, 5) is 38.3. The van der Waals surface area contributed by atoms with E-state index in [4.69, 9.17) is 14.2 Å².